The normalized spacial score (nSPS) is 19.8. The van der Waals surface area contributed by atoms with Gasteiger partial charge in [-0.15, -0.1) is 11.3 Å². The van der Waals surface area contributed by atoms with E-state index in [4.69, 9.17) is 5.73 Å². The van der Waals surface area contributed by atoms with E-state index in [-0.39, 0.29) is 18.0 Å². The minimum Gasteiger partial charge on any atom is -0.368 e. The molecule has 1 atom stereocenters. The van der Waals surface area contributed by atoms with E-state index in [0.717, 1.165) is 48.0 Å². The molecule has 2 aliphatic heterocycles. The largest absolute Gasteiger partial charge is 0.368 e. The third-order valence-corrected chi connectivity index (χ3v) is 6.95. The number of hydrogen-bond acceptors (Lipinski definition) is 10. The molecular formula is C21H28N10OS. The van der Waals surface area contributed by atoms with Crippen molar-refractivity contribution in [2.24, 2.45) is 0 Å². The maximum atomic E-state index is 12.9. The van der Waals surface area contributed by atoms with Crippen LogP contribution in [0.1, 0.15) is 6.92 Å². The van der Waals surface area contributed by atoms with Gasteiger partial charge in [-0.2, -0.15) is 4.98 Å². The Morgan fingerprint density at radius 1 is 1.12 bits per heavy atom. The third-order valence-electron chi connectivity index (χ3n) is 6.24. The Bertz CT molecular complexity index is 1130. The fourth-order valence-electron chi connectivity index (χ4n) is 4.32. The molecule has 2 saturated heterocycles. The van der Waals surface area contributed by atoms with Gasteiger partial charge in [-0.1, -0.05) is 0 Å². The molecule has 3 aromatic rings. The molecule has 11 nitrogen and oxygen atoms in total. The number of amides is 2. The van der Waals surface area contributed by atoms with Crippen LogP contribution in [0.15, 0.2) is 23.8 Å². The second-order valence-corrected chi connectivity index (χ2v) is 9.36. The molecule has 2 amide bonds. The number of hydrogen-bond donors (Lipinski definition) is 2. The third kappa shape index (κ3) is 4.48. The van der Waals surface area contributed by atoms with Gasteiger partial charge in [-0.05, 0) is 26.1 Å². The number of aromatic nitrogens is 4. The molecule has 0 aliphatic carbocycles. The average Bonchev–Trinajstić information content (AvgIpc) is 3.28. The van der Waals surface area contributed by atoms with E-state index in [1.54, 1.807) is 10.4 Å². The number of nitrogens with two attached hydrogens (primary N) is 1. The molecule has 3 N–H and O–H groups in total. The second-order valence-electron chi connectivity index (χ2n) is 8.52. The van der Waals surface area contributed by atoms with Crippen molar-refractivity contribution in [3.8, 4) is 0 Å². The Morgan fingerprint density at radius 2 is 1.94 bits per heavy atom. The van der Waals surface area contributed by atoms with Crippen LogP contribution in [0.2, 0.25) is 0 Å². The summed E-state index contributed by atoms with van der Waals surface area (Å²) in [5.74, 6) is 1.52. The molecule has 2 fully saturated rings. The number of likely N-dealkylation sites (N-methyl/N-ethyl adjacent to an activating group) is 1. The van der Waals surface area contributed by atoms with Crippen molar-refractivity contribution < 1.29 is 4.79 Å². The molecule has 0 unspecified atom stereocenters. The van der Waals surface area contributed by atoms with E-state index in [0.29, 0.717) is 25.5 Å². The van der Waals surface area contributed by atoms with Crippen LogP contribution in [0, 0.1) is 0 Å². The van der Waals surface area contributed by atoms with E-state index in [1.807, 2.05) is 18.3 Å². The molecular weight excluding hydrogens is 440 g/mol. The summed E-state index contributed by atoms with van der Waals surface area (Å²) in [5, 5.41) is 2.93. The highest BCUT2D eigenvalue weighted by atomic mass is 32.1. The number of urea groups is 1. The van der Waals surface area contributed by atoms with E-state index in [2.05, 4.69) is 53.9 Å². The highest BCUT2D eigenvalue weighted by Crippen LogP contribution is 2.29. The molecule has 12 heteroatoms. The predicted octanol–water partition coefficient (Wildman–Crippen LogP) is 1.56. The smallest absolute Gasteiger partial charge is 0.323 e. The summed E-state index contributed by atoms with van der Waals surface area (Å²) in [7, 11) is 2.14. The SMILES string of the molecule is C[C@H]1CN(C(=O)Nc2ccc(N3CCN(C)CC3)cn2)CCN1c1nc(N)nc2scnc12. The van der Waals surface area contributed by atoms with Gasteiger partial charge in [0.25, 0.3) is 0 Å². The molecule has 0 saturated carbocycles. The Labute approximate surface area is 196 Å². The lowest BCUT2D eigenvalue weighted by molar-refractivity contribution is 0.200. The van der Waals surface area contributed by atoms with Crippen molar-refractivity contribution in [3.05, 3.63) is 23.8 Å². The van der Waals surface area contributed by atoms with Crippen LogP contribution in [0.5, 0.6) is 0 Å². The zero-order valence-corrected chi connectivity index (χ0v) is 19.6. The Hall–Kier alpha value is -3.25. The minimum atomic E-state index is -0.151. The number of piperazine rings is 2. The monoisotopic (exact) mass is 468 g/mol. The van der Waals surface area contributed by atoms with E-state index >= 15 is 0 Å². The lowest BCUT2D eigenvalue weighted by Crippen LogP contribution is -2.55. The van der Waals surface area contributed by atoms with Crippen LogP contribution >= 0.6 is 11.3 Å². The van der Waals surface area contributed by atoms with Crippen LogP contribution in [0.3, 0.4) is 0 Å². The average molecular weight is 469 g/mol. The van der Waals surface area contributed by atoms with E-state index in [1.165, 1.54) is 11.3 Å². The molecule has 0 aromatic carbocycles. The molecule has 0 radical (unpaired) electrons. The van der Waals surface area contributed by atoms with Crippen molar-refractivity contribution in [2.75, 3.05) is 73.7 Å². The maximum absolute atomic E-state index is 12.9. The molecule has 33 heavy (non-hydrogen) atoms. The standard InChI is InChI=1S/C21H28N10OS/c1-14-12-30(9-10-31(14)18-17-19(33-13-24-17)27-20(22)26-18)21(32)25-16-4-3-15(11-23-16)29-7-5-28(2)6-8-29/h3-4,11,13-14H,5-10,12H2,1-2H3,(H2,22,26,27)(H,23,25,32)/t14-/m0/s1. The number of nitrogen functional groups attached to an aromatic ring is 1. The number of thiazole rings is 1. The summed E-state index contributed by atoms with van der Waals surface area (Å²) in [5.41, 5.74) is 9.49. The quantitative estimate of drug-likeness (QED) is 0.590. The minimum absolute atomic E-state index is 0.0521. The summed E-state index contributed by atoms with van der Waals surface area (Å²) >= 11 is 1.44. The summed E-state index contributed by atoms with van der Waals surface area (Å²) in [6.45, 7) is 7.86. The fourth-order valence-corrected chi connectivity index (χ4v) is 4.98. The van der Waals surface area contributed by atoms with Gasteiger partial charge in [-0.25, -0.2) is 19.7 Å². The lowest BCUT2D eigenvalue weighted by atomic mass is 10.2. The zero-order chi connectivity index (χ0) is 22.9. The highest BCUT2D eigenvalue weighted by molar-refractivity contribution is 7.16. The van der Waals surface area contributed by atoms with Crippen molar-refractivity contribution in [1.29, 1.82) is 0 Å². The molecule has 3 aromatic heterocycles. The van der Waals surface area contributed by atoms with Gasteiger partial charge in [0.15, 0.2) is 10.6 Å². The molecule has 5 heterocycles. The van der Waals surface area contributed by atoms with Gasteiger partial charge in [0.1, 0.15) is 11.3 Å². The fraction of sp³-hybridized carbons (Fsp3) is 0.476. The van der Waals surface area contributed by atoms with Crippen LogP contribution in [0.25, 0.3) is 10.3 Å². The first-order valence-corrected chi connectivity index (χ1v) is 11.9. The first-order chi connectivity index (χ1) is 16.0. The van der Waals surface area contributed by atoms with Gasteiger partial charge in [0.05, 0.1) is 17.4 Å². The topological polar surface area (TPSA) is 120 Å². The summed E-state index contributed by atoms with van der Waals surface area (Å²) in [6, 6.07) is 3.79. The maximum Gasteiger partial charge on any atom is 0.323 e. The van der Waals surface area contributed by atoms with Crippen molar-refractivity contribution in [2.45, 2.75) is 13.0 Å². The number of carbonyl (C=O) groups is 1. The molecule has 0 spiro atoms. The van der Waals surface area contributed by atoms with Crippen molar-refractivity contribution in [3.63, 3.8) is 0 Å². The van der Waals surface area contributed by atoms with Gasteiger partial charge >= 0.3 is 6.03 Å². The van der Waals surface area contributed by atoms with Gasteiger partial charge in [-0.3, -0.25) is 5.32 Å². The van der Waals surface area contributed by atoms with Crippen LogP contribution < -0.4 is 20.9 Å². The van der Waals surface area contributed by atoms with Gasteiger partial charge in [0, 0.05) is 51.9 Å². The number of anilines is 4. The summed E-state index contributed by atoms with van der Waals surface area (Å²) in [6.07, 6.45) is 1.83. The number of nitrogens with one attached hydrogen (secondary N) is 1. The van der Waals surface area contributed by atoms with E-state index < -0.39 is 0 Å². The van der Waals surface area contributed by atoms with Gasteiger partial charge in [0.2, 0.25) is 5.95 Å². The predicted molar refractivity (Wildman–Crippen MR) is 131 cm³/mol. The number of pyridine rings is 1. The van der Waals surface area contributed by atoms with Gasteiger partial charge < -0.3 is 25.3 Å². The first-order valence-electron chi connectivity index (χ1n) is 11.1. The van der Waals surface area contributed by atoms with Crippen molar-refractivity contribution >= 4 is 51.0 Å². The van der Waals surface area contributed by atoms with E-state index in [9.17, 15) is 4.79 Å². The molecule has 0 bridgehead atoms. The number of rotatable bonds is 3. The Balaban J connectivity index is 1.21. The lowest BCUT2D eigenvalue weighted by Gasteiger charge is -2.40. The molecule has 5 rings (SSSR count). The van der Waals surface area contributed by atoms with Crippen LogP contribution in [0.4, 0.5) is 28.1 Å². The molecule has 174 valence electrons. The van der Waals surface area contributed by atoms with Crippen LogP contribution in [-0.4, -0.2) is 94.7 Å². The first kappa shape index (κ1) is 21.6. The number of carbonyl (C=O) groups excluding carboxylic acids is 1. The number of nitrogens with zero attached hydrogens (tertiary/aromatic N) is 8. The van der Waals surface area contributed by atoms with Crippen LogP contribution in [-0.2, 0) is 0 Å². The number of fused-ring (bicyclic) bond motifs is 1. The highest BCUT2D eigenvalue weighted by Gasteiger charge is 2.30. The van der Waals surface area contributed by atoms with Crippen molar-refractivity contribution in [1.82, 2.24) is 29.7 Å². The second kappa shape index (κ2) is 8.94. The Kier molecular flexibility index (Phi) is 5.85. The molecule has 2 aliphatic rings. The zero-order valence-electron chi connectivity index (χ0n) is 18.8. The summed E-state index contributed by atoms with van der Waals surface area (Å²) in [4.78, 5) is 39.8. The Morgan fingerprint density at radius 3 is 2.67 bits per heavy atom. The summed E-state index contributed by atoms with van der Waals surface area (Å²) < 4.78 is 0.